The summed E-state index contributed by atoms with van der Waals surface area (Å²) in [5, 5.41) is 11.5. The topological polar surface area (TPSA) is 49.3 Å². The van der Waals surface area contributed by atoms with Gasteiger partial charge in [0.25, 0.3) is 5.91 Å². The normalized spacial score (nSPS) is 12.2. The monoisotopic (exact) mass is 193 g/mol. The first kappa shape index (κ1) is 10.7. The Morgan fingerprint density at radius 1 is 1.57 bits per heavy atom. The molecule has 1 amide bonds. The minimum atomic E-state index is -0.100. The molecule has 1 atom stereocenters. The zero-order valence-corrected chi connectivity index (χ0v) is 8.45. The quantitative estimate of drug-likeness (QED) is 0.756. The van der Waals surface area contributed by atoms with Gasteiger partial charge in [0.05, 0.1) is 0 Å². The predicted molar refractivity (Wildman–Crippen MR) is 55.3 cm³/mol. The number of hydrogen-bond donors (Lipinski definition) is 2. The molecule has 0 bridgehead atoms. The third-order valence-electron chi connectivity index (χ3n) is 2.22. The molecule has 2 N–H and O–H groups in total. The summed E-state index contributed by atoms with van der Waals surface area (Å²) in [6.45, 7) is 2.01. The van der Waals surface area contributed by atoms with E-state index in [1.54, 1.807) is 19.2 Å². The minimum Gasteiger partial charge on any atom is -0.396 e. The molecule has 0 fully saturated rings. The highest BCUT2D eigenvalue weighted by molar-refractivity contribution is 5.94. The third kappa shape index (κ3) is 2.33. The number of aliphatic hydroxyl groups excluding tert-OH is 1. The summed E-state index contributed by atoms with van der Waals surface area (Å²) in [5.74, 6) is -0.0309. The predicted octanol–water partition coefficient (Wildman–Crippen LogP) is 1.14. The van der Waals surface area contributed by atoms with E-state index in [-0.39, 0.29) is 18.4 Å². The molecule has 0 spiro atoms. The average Bonchev–Trinajstić information content (AvgIpc) is 2.27. The van der Waals surface area contributed by atoms with Crippen LogP contribution in [0.1, 0.15) is 28.8 Å². The number of rotatable bonds is 3. The van der Waals surface area contributed by atoms with Crippen LogP contribution in [0.3, 0.4) is 0 Å². The Bertz CT molecular complexity index is 323. The maximum atomic E-state index is 11.3. The van der Waals surface area contributed by atoms with E-state index >= 15 is 0 Å². The van der Waals surface area contributed by atoms with Gasteiger partial charge in [0.15, 0.2) is 0 Å². The van der Waals surface area contributed by atoms with E-state index in [1.807, 2.05) is 19.1 Å². The summed E-state index contributed by atoms with van der Waals surface area (Å²) in [4.78, 5) is 11.3. The van der Waals surface area contributed by atoms with E-state index in [0.717, 1.165) is 5.56 Å². The molecule has 3 nitrogen and oxygen atoms in total. The van der Waals surface area contributed by atoms with Crippen LogP contribution in [-0.2, 0) is 0 Å². The Labute approximate surface area is 83.8 Å². The van der Waals surface area contributed by atoms with Gasteiger partial charge in [-0.15, -0.1) is 0 Å². The van der Waals surface area contributed by atoms with Crippen molar-refractivity contribution >= 4 is 5.91 Å². The van der Waals surface area contributed by atoms with Gasteiger partial charge in [-0.25, -0.2) is 0 Å². The standard InChI is InChI=1S/C11H15NO2/c1-8(7-13)9-4-3-5-10(6-9)11(14)12-2/h3-6,8,13H,7H2,1-2H3,(H,12,14). The minimum absolute atomic E-state index is 0.0691. The van der Waals surface area contributed by atoms with E-state index in [9.17, 15) is 4.79 Å². The lowest BCUT2D eigenvalue weighted by atomic mass is 10.00. The molecule has 0 aliphatic heterocycles. The van der Waals surface area contributed by atoms with Crippen molar-refractivity contribution in [1.29, 1.82) is 0 Å². The van der Waals surface area contributed by atoms with E-state index in [4.69, 9.17) is 5.11 Å². The highest BCUT2D eigenvalue weighted by atomic mass is 16.3. The first-order valence-electron chi connectivity index (χ1n) is 4.62. The van der Waals surface area contributed by atoms with Gasteiger partial charge >= 0.3 is 0 Å². The number of hydrogen-bond acceptors (Lipinski definition) is 2. The van der Waals surface area contributed by atoms with Gasteiger partial charge in [-0.1, -0.05) is 19.1 Å². The molecule has 0 heterocycles. The molecule has 0 aromatic heterocycles. The molecule has 1 rings (SSSR count). The molecule has 0 aliphatic carbocycles. The van der Waals surface area contributed by atoms with Crippen molar-refractivity contribution in [2.75, 3.05) is 13.7 Å². The van der Waals surface area contributed by atoms with Crippen LogP contribution in [0.5, 0.6) is 0 Å². The first-order valence-corrected chi connectivity index (χ1v) is 4.62. The molecule has 1 aromatic carbocycles. The molecule has 1 unspecified atom stereocenters. The Balaban J connectivity index is 2.95. The molecule has 0 saturated heterocycles. The van der Waals surface area contributed by atoms with Crippen molar-refractivity contribution in [2.45, 2.75) is 12.8 Å². The highest BCUT2D eigenvalue weighted by Gasteiger charge is 2.07. The molecule has 76 valence electrons. The van der Waals surface area contributed by atoms with Gasteiger partial charge in [0.2, 0.25) is 0 Å². The Hall–Kier alpha value is -1.35. The lowest BCUT2D eigenvalue weighted by Gasteiger charge is -2.09. The van der Waals surface area contributed by atoms with Gasteiger partial charge in [0.1, 0.15) is 0 Å². The maximum Gasteiger partial charge on any atom is 0.251 e. The third-order valence-corrected chi connectivity index (χ3v) is 2.22. The molecule has 3 heteroatoms. The summed E-state index contributed by atoms with van der Waals surface area (Å²) in [5.41, 5.74) is 1.61. The van der Waals surface area contributed by atoms with Crippen molar-refractivity contribution < 1.29 is 9.90 Å². The van der Waals surface area contributed by atoms with Crippen molar-refractivity contribution in [3.8, 4) is 0 Å². The van der Waals surface area contributed by atoms with Crippen LogP contribution in [0.2, 0.25) is 0 Å². The zero-order valence-electron chi connectivity index (χ0n) is 8.45. The lowest BCUT2D eigenvalue weighted by Crippen LogP contribution is -2.18. The van der Waals surface area contributed by atoms with Crippen LogP contribution in [0, 0.1) is 0 Å². The Kier molecular flexibility index (Phi) is 3.65. The van der Waals surface area contributed by atoms with E-state index in [2.05, 4.69) is 5.32 Å². The molecular weight excluding hydrogens is 178 g/mol. The molecule has 1 aromatic rings. The Morgan fingerprint density at radius 2 is 2.29 bits per heavy atom. The highest BCUT2D eigenvalue weighted by Crippen LogP contribution is 2.15. The van der Waals surface area contributed by atoms with Gasteiger partial charge in [-0.2, -0.15) is 0 Å². The SMILES string of the molecule is CNC(=O)c1cccc(C(C)CO)c1. The summed E-state index contributed by atoms with van der Waals surface area (Å²) in [6, 6.07) is 7.30. The number of benzene rings is 1. The van der Waals surface area contributed by atoms with Crippen LogP contribution in [0.4, 0.5) is 0 Å². The summed E-state index contributed by atoms with van der Waals surface area (Å²) in [7, 11) is 1.60. The fraction of sp³-hybridized carbons (Fsp3) is 0.364. The summed E-state index contributed by atoms with van der Waals surface area (Å²) < 4.78 is 0. The summed E-state index contributed by atoms with van der Waals surface area (Å²) >= 11 is 0. The largest absolute Gasteiger partial charge is 0.396 e. The van der Waals surface area contributed by atoms with Crippen molar-refractivity contribution in [3.05, 3.63) is 35.4 Å². The van der Waals surface area contributed by atoms with Crippen LogP contribution < -0.4 is 5.32 Å². The van der Waals surface area contributed by atoms with Gasteiger partial charge in [-0.3, -0.25) is 4.79 Å². The number of carbonyl (C=O) groups excluding carboxylic acids is 1. The number of aliphatic hydroxyl groups is 1. The fourth-order valence-corrected chi connectivity index (χ4v) is 1.24. The smallest absolute Gasteiger partial charge is 0.251 e. The Morgan fingerprint density at radius 3 is 2.86 bits per heavy atom. The van der Waals surface area contributed by atoms with Gasteiger partial charge in [0, 0.05) is 25.1 Å². The lowest BCUT2D eigenvalue weighted by molar-refractivity contribution is 0.0963. The second-order valence-electron chi connectivity index (χ2n) is 3.29. The molecule has 14 heavy (non-hydrogen) atoms. The summed E-state index contributed by atoms with van der Waals surface area (Å²) in [6.07, 6.45) is 0. The fourth-order valence-electron chi connectivity index (χ4n) is 1.24. The molecule has 0 aliphatic rings. The maximum absolute atomic E-state index is 11.3. The number of nitrogens with one attached hydrogen (secondary N) is 1. The number of amides is 1. The van der Waals surface area contributed by atoms with Crippen molar-refractivity contribution in [3.63, 3.8) is 0 Å². The van der Waals surface area contributed by atoms with Crippen LogP contribution >= 0.6 is 0 Å². The average molecular weight is 193 g/mol. The van der Waals surface area contributed by atoms with Gasteiger partial charge in [-0.05, 0) is 17.7 Å². The van der Waals surface area contributed by atoms with Crippen LogP contribution in [0.15, 0.2) is 24.3 Å². The molecule has 0 saturated carbocycles. The van der Waals surface area contributed by atoms with Crippen LogP contribution in [-0.4, -0.2) is 24.7 Å². The zero-order chi connectivity index (χ0) is 10.6. The number of carbonyl (C=O) groups is 1. The molecular formula is C11H15NO2. The second-order valence-corrected chi connectivity index (χ2v) is 3.29. The van der Waals surface area contributed by atoms with Crippen LogP contribution in [0.25, 0.3) is 0 Å². The molecule has 0 radical (unpaired) electrons. The van der Waals surface area contributed by atoms with E-state index < -0.39 is 0 Å². The van der Waals surface area contributed by atoms with Gasteiger partial charge < -0.3 is 10.4 Å². The van der Waals surface area contributed by atoms with E-state index in [0.29, 0.717) is 5.56 Å². The van der Waals surface area contributed by atoms with Crippen molar-refractivity contribution in [1.82, 2.24) is 5.32 Å². The first-order chi connectivity index (χ1) is 6.69. The van der Waals surface area contributed by atoms with E-state index in [1.165, 1.54) is 0 Å². The second kappa shape index (κ2) is 4.77. The van der Waals surface area contributed by atoms with Crippen molar-refractivity contribution in [2.24, 2.45) is 0 Å².